The second kappa shape index (κ2) is 13.3. The SMILES string of the molecule is C#Cc1c(F)ccc2cccc(-c3ncc4c(N(C)[C@@H]5CCN(C(=O)CC[C@H]6CCN6C)C5)nc(OC[C@@]56CCCN5C[C@H](F)C6)nc4c3F)c12. The van der Waals surface area contributed by atoms with Gasteiger partial charge in [-0.3, -0.25) is 14.7 Å². The van der Waals surface area contributed by atoms with Gasteiger partial charge in [0.05, 0.1) is 16.5 Å². The predicted molar refractivity (Wildman–Crippen MR) is 190 cm³/mol. The van der Waals surface area contributed by atoms with Crippen molar-refractivity contribution in [3.63, 3.8) is 0 Å². The summed E-state index contributed by atoms with van der Waals surface area (Å²) in [6.45, 7) is 3.57. The monoisotopic (exact) mass is 697 g/mol. The summed E-state index contributed by atoms with van der Waals surface area (Å²) in [7, 11) is 3.98. The number of pyridine rings is 1. The molecular formula is C39H42F3N7O2. The maximum atomic E-state index is 16.9. The van der Waals surface area contributed by atoms with Gasteiger partial charge in [0.15, 0.2) is 5.82 Å². The number of anilines is 1. The molecule has 4 aliphatic rings. The molecule has 51 heavy (non-hydrogen) atoms. The van der Waals surface area contributed by atoms with E-state index in [1.54, 1.807) is 24.3 Å². The van der Waals surface area contributed by atoms with Gasteiger partial charge in [-0.15, -0.1) is 6.42 Å². The smallest absolute Gasteiger partial charge is 0.319 e. The number of hydrogen-bond acceptors (Lipinski definition) is 8. The summed E-state index contributed by atoms with van der Waals surface area (Å²) in [6, 6.07) is 8.47. The Balaban J connectivity index is 1.15. The Labute approximate surface area is 295 Å². The Hall–Kier alpha value is -4.47. The number of alkyl halides is 1. The molecule has 6 heterocycles. The van der Waals surface area contributed by atoms with Crippen molar-refractivity contribution in [1.29, 1.82) is 0 Å². The summed E-state index contributed by atoms with van der Waals surface area (Å²) in [4.78, 5) is 35.4. The molecule has 8 rings (SSSR count). The predicted octanol–water partition coefficient (Wildman–Crippen LogP) is 5.58. The molecule has 0 bridgehead atoms. The summed E-state index contributed by atoms with van der Waals surface area (Å²) in [5, 5.41) is 1.41. The second-order valence-corrected chi connectivity index (χ2v) is 14.7. The molecule has 0 unspecified atom stereocenters. The minimum Gasteiger partial charge on any atom is -0.461 e. The highest BCUT2D eigenvalue weighted by atomic mass is 19.1. The number of aromatic nitrogens is 3. The first kappa shape index (κ1) is 33.7. The van der Waals surface area contributed by atoms with Crippen LogP contribution in [0.1, 0.15) is 50.5 Å². The van der Waals surface area contributed by atoms with Crippen LogP contribution in [0.15, 0.2) is 36.5 Å². The fraction of sp³-hybridized carbons (Fsp3) is 0.487. The minimum atomic E-state index is -0.930. The fourth-order valence-electron chi connectivity index (χ4n) is 8.72. The van der Waals surface area contributed by atoms with Gasteiger partial charge in [0.1, 0.15) is 35.6 Å². The van der Waals surface area contributed by atoms with Gasteiger partial charge in [-0.1, -0.05) is 30.2 Å². The lowest BCUT2D eigenvalue weighted by Crippen LogP contribution is -2.45. The molecule has 4 aromatic rings. The summed E-state index contributed by atoms with van der Waals surface area (Å²) in [6.07, 6.45) is 11.7. The second-order valence-electron chi connectivity index (χ2n) is 14.7. The van der Waals surface area contributed by atoms with Crippen LogP contribution in [-0.4, -0.2) is 113 Å². The van der Waals surface area contributed by atoms with Crippen LogP contribution in [0, 0.1) is 24.0 Å². The molecule has 4 atom stereocenters. The molecule has 4 saturated heterocycles. The molecule has 1 amide bonds. The highest BCUT2D eigenvalue weighted by Gasteiger charge is 2.49. The molecular weight excluding hydrogens is 655 g/mol. The molecule has 12 heteroatoms. The molecule has 0 saturated carbocycles. The first-order valence-electron chi connectivity index (χ1n) is 17.9. The number of likely N-dealkylation sites (tertiary alicyclic amines) is 2. The van der Waals surface area contributed by atoms with Crippen molar-refractivity contribution < 1.29 is 22.7 Å². The van der Waals surface area contributed by atoms with Gasteiger partial charge in [0.2, 0.25) is 5.91 Å². The lowest BCUT2D eigenvalue weighted by atomic mass is 9.95. The first-order chi connectivity index (χ1) is 24.7. The zero-order valence-electron chi connectivity index (χ0n) is 29.0. The van der Waals surface area contributed by atoms with Crippen molar-refractivity contribution in [2.75, 3.05) is 58.3 Å². The first-order valence-corrected chi connectivity index (χ1v) is 17.9. The zero-order chi connectivity index (χ0) is 35.4. The molecule has 0 radical (unpaired) electrons. The van der Waals surface area contributed by atoms with Crippen molar-refractivity contribution in [2.24, 2.45) is 0 Å². The third-order valence-corrected chi connectivity index (χ3v) is 11.8. The third-order valence-electron chi connectivity index (χ3n) is 11.8. The average molecular weight is 698 g/mol. The van der Waals surface area contributed by atoms with E-state index in [9.17, 15) is 13.6 Å². The number of nitrogens with zero attached hydrogens (tertiary/aromatic N) is 7. The molecule has 266 valence electrons. The normalized spacial score (nSPS) is 24.9. The van der Waals surface area contributed by atoms with E-state index < -0.39 is 23.3 Å². The quantitative estimate of drug-likeness (QED) is 0.210. The van der Waals surface area contributed by atoms with E-state index in [-0.39, 0.29) is 41.3 Å². The van der Waals surface area contributed by atoms with E-state index in [0.29, 0.717) is 72.5 Å². The third kappa shape index (κ3) is 5.94. The Morgan fingerprint density at radius 1 is 1.14 bits per heavy atom. The van der Waals surface area contributed by atoms with E-state index in [4.69, 9.17) is 16.1 Å². The van der Waals surface area contributed by atoms with Crippen molar-refractivity contribution in [1.82, 2.24) is 29.7 Å². The maximum absolute atomic E-state index is 16.9. The van der Waals surface area contributed by atoms with Gasteiger partial charge in [0.25, 0.3) is 0 Å². The number of carbonyl (C=O) groups is 1. The minimum absolute atomic E-state index is 0.00590. The van der Waals surface area contributed by atoms with Crippen molar-refractivity contribution >= 4 is 33.4 Å². The summed E-state index contributed by atoms with van der Waals surface area (Å²) in [5.74, 6) is 1.69. The van der Waals surface area contributed by atoms with Crippen LogP contribution < -0.4 is 9.64 Å². The molecule has 4 aliphatic heterocycles. The number of likely N-dealkylation sites (N-methyl/N-ethyl adjacent to an activating group) is 1. The number of terminal acetylenes is 1. The molecule has 9 nitrogen and oxygen atoms in total. The van der Waals surface area contributed by atoms with Gasteiger partial charge in [-0.2, -0.15) is 9.97 Å². The van der Waals surface area contributed by atoms with Crippen LogP contribution in [0.5, 0.6) is 6.01 Å². The van der Waals surface area contributed by atoms with Crippen LogP contribution in [0.25, 0.3) is 32.9 Å². The highest BCUT2D eigenvalue weighted by Crippen LogP contribution is 2.41. The number of benzene rings is 2. The Kier molecular flexibility index (Phi) is 8.75. The average Bonchev–Trinajstić information content (AvgIpc) is 3.85. The number of hydrogen-bond donors (Lipinski definition) is 0. The fourth-order valence-corrected chi connectivity index (χ4v) is 8.72. The molecule has 0 spiro atoms. The Morgan fingerprint density at radius 2 is 2.00 bits per heavy atom. The number of rotatable bonds is 9. The Morgan fingerprint density at radius 3 is 2.78 bits per heavy atom. The standard InChI is InChI=1S/C39H42F3N7O2/c1-4-28-31(41)11-9-24-7-5-8-29(33(24)28)35-34(42)36-30(20-43-35)37(45-38(44-36)51-23-39-15-6-16-49(39)21-25(40)19-39)47(3)27-14-18-48(22-27)32(50)12-10-26-13-17-46(26)2/h1,5,7-9,11,20,25-27H,6,10,12-19,21-23H2,2-3H3/t25-,26+,27-,39+/m1/s1. The maximum Gasteiger partial charge on any atom is 0.319 e. The number of fused-ring (bicyclic) bond motifs is 3. The number of carbonyl (C=O) groups excluding carboxylic acids is 1. The largest absolute Gasteiger partial charge is 0.461 e. The van der Waals surface area contributed by atoms with E-state index in [1.807, 2.05) is 16.8 Å². The lowest BCUT2D eigenvalue weighted by Gasteiger charge is -2.38. The van der Waals surface area contributed by atoms with Crippen LogP contribution in [0.2, 0.25) is 0 Å². The highest BCUT2D eigenvalue weighted by molar-refractivity contribution is 6.02. The van der Waals surface area contributed by atoms with Crippen LogP contribution in [0.3, 0.4) is 0 Å². The lowest BCUT2D eigenvalue weighted by molar-refractivity contribution is -0.130. The summed E-state index contributed by atoms with van der Waals surface area (Å²) in [5.41, 5.74) is -0.118. The number of halogens is 3. The van der Waals surface area contributed by atoms with Gasteiger partial charge < -0.3 is 19.4 Å². The molecule has 0 N–H and O–H groups in total. The van der Waals surface area contributed by atoms with Crippen LogP contribution in [-0.2, 0) is 4.79 Å². The molecule has 2 aromatic heterocycles. The summed E-state index contributed by atoms with van der Waals surface area (Å²) >= 11 is 0. The van der Waals surface area contributed by atoms with E-state index >= 15 is 4.39 Å². The zero-order valence-corrected chi connectivity index (χ0v) is 29.0. The van der Waals surface area contributed by atoms with E-state index in [2.05, 4.69) is 32.7 Å². The van der Waals surface area contributed by atoms with Crippen molar-refractivity contribution in [3.8, 4) is 29.6 Å². The molecule has 4 fully saturated rings. The van der Waals surface area contributed by atoms with Crippen molar-refractivity contribution in [3.05, 3.63) is 53.7 Å². The van der Waals surface area contributed by atoms with E-state index in [1.165, 1.54) is 12.3 Å². The van der Waals surface area contributed by atoms with E-state index in [0.717, 1.165) is 38.8 Å². The van der Waals surface area contributed by atoms with Crippen molar-refractivity contribution in [2.45, 2.75) is 68.7 Å². The number of amides is 1. The summed E-state index contributed by atoms with van der Waals surface area (Å²) < 4.78 is 52.6. The topological polar surface area (TPSA) is 77.9 Å². The van der Waals surface area contributed by atoms with Gasteiger partial charge in [-0.05, 0) is 63.7 Å². The van der Waals surface area contributed by atoms with Crippen LogP contribution in [0.4, 0.5) is 19.0 Å². The Bertz CT molecular complexity index is 2060. The number of ether oxygens (including phenoxy) is 1. The van der Waals surface area contributed by atoms with Gasteiger partial charge in [-0.25, -0.2) is 13.2 Å². The van der Waals surface area contributed by atoms with Gasteiger partial charge >= 0.3 is 6.01 Å². The van der Waals surface area contributed by atoms with Crippen LogP contribution >= 0.6 is 0 Å². The van der Waals surface area contributed by atoms with Gasteiger partial charge in [0, 0.05) is 68.8 Å². The molecule has 0 aliphatic carbocycles. The molecule has 2 aromatic carbocycles.